The predicted molar refractivity (Wildman–Crippen MR) is 71.0 cm³/mol. The number of carbonyl (C=O) groups excluding carboxylic acids is 1. The highest BCUT2D eigenvalue weighted by Crippen LogP contribution is 2.42. The van der Waals surface area contributed by atoms with E-state index in [9.17, 15) is 4.79 Å². The summed E-state index contributed by atoms with van der Waals surface area (Å²) in [6.45, 7) is 6.86. The Morgan fingerprint density at radius 1 is 1.12 bits per heavy atom. The zero-order valence-electron chi connectivity index (χ0n) is 11.1. The van der Waals surface area contributed by atoms with Crippen molar-refractivity contribution in [1.82, 2.24) is 0 Å². The van der Waals surface area contributed by atoms with E-state index in [2.05, 4.69) is 32.9 Å². The van der Waals surface area contributed by atoms with Crippen LogP contribution in [-0.4, -0.2) is 5.78 Å². The molecule has 1 saturated carbocycles. The fourth-order valence-electron chi connectivity index (χ4n) is 2.82. The average molecular weight is 230 g/mol. The molecule has 0 amide bonds. The van der Waals surface area contributed by atoms with Crippen molar-refractivity contribution in [3.05, 3.63) is 35.9 Å². The molecule has 17 heavy (non-hydrogen) atoms. The lowest BCUT2D eigenvalue weighted by Crippen LogP contribution is -2.30. The Bertz CT molecular complexity index is 386. The van der Waals surface area contributed by atoms with Crippen LogP contribution in [0.4, 0.5) is 0 Å². The molecule has 1 nitrogen and oxygen atoms in total. The lowest BCUT2D eigenvalue weighted by molar-refractivity contribution is -0.123. The maximum Gasteiger partial charge on any atom is 0.140 e. The molecule has 1 aromatic carbocycles. The lowest BCUT2D eigenvalue weighted by atomic mass is 9.67. The summed E-state index contributed by atoms with van der Waals surface area (Å²) in [4.78, 5) is 12.1. The van der Waals surface area contributed by atoms with Crippen LogP contribution in [0.15, 0.2) is 30.3 Å². The summed E-state index contributed by atoms with van der Waals surface area (Å²) in [5, 5.41) is 0. The van der Waals surface area contributed by atoms with Crippen molar-refractivity contribution in [2.75, 3.05) is 0 Å². The van der Waals surface area contributed by atoms with Gasteiger partial charge in [0.15, 0.2) is 0 Å². The van der Waals surface area contributed by atoms with Crippen LogP contribution in [0.3, 0.4) is 0 Å². The van der Waals surface area contributed by atoms with Gasteiger partial charge in [-0.2, -0.15) is 0 Å². The number of hydrogen-bond donors (Lipinski definition) is 0. The fourth-order valence-corrected chi connectivity index (χ4v) is 2.82. The second kappa shape index (κ2) is 4.64. The highest BCUT2D eigenvalue weighted by molar-refractivity contribution is 5.86. The molecule has 0 heterocycles. The minimum absolute atomic E-state index is 0.133. The minimum atomic E-state index is 0.133. The van der Waals surface area contributed by atoms with Gasteiger partial charge in [0.1, 0.15) is 5.78 Å². The lowest BCUT2D eigenvalue weighted by Gasteiger charge is -2.37. The number of rotatable bonds is 1. The van der Waals surface area contributed by atoms with E-state index < -0.39 is 0 Å². The van der Waals surface area contributed by atoms with Gasteiger partial charge in [0.2, 0.25) is 0 Å². The van der Waals surface area contributed by atoms with E-state index in [1.807, 2.05) is 18.2 Å². The maximum absolute atomic E-state index is 12.1. The standard InChI is InChI=1S/C16H22O/c1-16(2,3)13-9-10-15(17)14(11-13)12-7-5-4-6-8-12/h4-8,13-14H,9-11H2,1-3H3/t13-,14+/m0/s1. The van der Waals surface area contributed by atoms with Crippen LogP contribution in [-0.2, 0) is 4.79 Å². The molecule has 1 fully saturated rings. The van der Waals surface area contributed by atoms with Crippen LogP contribution < -0.4 is 0 Å². The van der Waals surface area contributed by atoms with Crippen LogP contribution in [0.1, 0.15) is 51.5 Å². The first-order valence-electron chi connectivity index (χ1n) is 6.56. The molecule has 2 rings (SSSR count). The van der Waals surface area contributed by atoms with Crippen molar-refractivity contribution in [3.8, 4) is 0 Å². The molecule has 0 bridgehead atoms. The maximum atomic E-state index is 12.1. The SMILES string of the molecule is CC(C)(C)[C@H]1CCC(=O)[C@@H](c2ccccc2)C1. The molecule has 0 unspecified atom stereocenters. The fraction of sp³-hybridized carbons (Fsp3) is 0.562. The third kappa shape index (κ3) is 2.77. The van der Waals surface area contributed by atoms with Gasteiger partial charge >= 0.3 is 0 Å². The smallest absolute Gasteiger partial charge is 0.140 e. The van der Waals surface area contributed by atoms with Crippen LogP contribution in [0, 0.1) is 11.3 Å². The first-order chi connectivity index (χ1) is 7.98. The second-order valence-electron chi connectivity index (χ2n) is 6.27. The number of carbonyl (C=O) groups is 1. The number of hydrogen-bond acceptors (Lipinski definition) is 1. The molecule has 0 radical (unpaired) electrons. The number of benzene rings is 1. The Kier molecular flexibility index (Phi) is 3.37. The average Bonchev–Trinajstić information content (AvgIpc) is 2.29. The minimum Gasteiger partial charge on any atom is -0.299 e. The molecule has 1 aliphatic carbocycles. The van der Waals surface area contributed by atoms with Gasteiger partial charge in [-0.1, -0.05) is 51.1 Å². The van der Waals surface area contributed by atoms with Gasteiger partial charge in [0.25, 0.3) is 0 Å². The Morgan fingerprint density at radius 2 is 1.76 bits per heavy atom. The topological polar surface area (TPSA) is 17.1 Å². The molecule has 0 spiro atoms. The number of ketones is 1. The van der Waals surface area contributed by atoms with Crippen LogP contribution in [0.2, 0.25) is 0 Å². The number of Topliss-reactive ketones (excluding diaryl/α,β-unsaturated/α-hetero) is 1. The van der Waals surface area contributed by atoms with Gasteiger partial charge in [0.05, 0.1) is 0 Å². The van der Waals surface area contributed by atoms with Gasteiger partial charge in [0, 0.05) is 12.3 Å². The summed E-state index contributed by atoms with van der Waals surface area (Å²) in [5.74, 6) is 1.22. The molecule has 0 saturated heterocycles. The molecule has 0 N–H and O–H groups in total. The van der Waals surface area contributed by atoms with Crippen molar-refractivity contribution < 1.29 is 4.79 Å². The van der Waals surface area contributed by atoms with Gasteiger partial charge in [-0.05, 0) is 29.7 Å². The van der Waals surface area contributed by atoms with E-state index in [0.29, 0.717) is 17.1 Å². The van der Waals surface area contributed by atoms with Crippen LogP contribution in [0.25, 0.3) is 0 Å². The van der Waals surface area contributed by atoms with E-state index in [1.165, 1.54) is 5.56 Å². The molecule has 0 aliphatic heterocycles. The van der Waals surface area contributed by atoms with Crippen molar-refractivity contribution in [3.63, 3.8) is 0 Å². The monoisotopic (exact) mass is 230 g/mol. The Balaban J connectivity index is 2.19. The van der Waals surface area contributed by atoms with Crippen LogP contribution in [0.5, 0.6) is 0 Å². The van der Waals surface area contributed by atoms with E-state index in [1.54, 1.807) is 0 Å². The van der Waals surface area contributed by atoms with Crippen molar-refractivity contribution in [1.29, 1.82) is 0 Å². The quantitative estimate of drug-likeness (QED) is 0.707. The predicted octanol–water partition coefficient (Wildman–Crippen LogP) is 4.19. The molecule has 1 aromatic rings. The van der Waals surface area contributed by atoms with Crippen molar-refractivity contribution in [2.24, 2.45) is 11.3 Å². The zero-order chi connectivity index (χ0) is 12.5. The molecular weight excluding hydrogens is 208 g/mol. The van der Waals surface area contributed by atoms with Gasteiger partial charge in [-0.3, -0.25) is 4.79 Å². The summed E-state index contributed by atoms with van der Waals surface area (Å²) >= 11 is 0. The molecule has 0 aromatic heterocycles. The van der Waals surface area contributed by atoms with E-state index in [-0.39, 0.29) is 5.92 Å². The normalized spacial score (nSPS) is 25.9. The summed E-state index contributed by atoms with van der Waals surface area (Å²) in [6, 6.07) is 10.3. The van der Waals surface area contributed by atoms with Gasteiger partial charge in [-0.25, -0.2) is 0 Å². The molecule has 1 aliphatic rings. The van der Waals surface area contributed by atoms with E-state index in [4.69, 9.17) is 0 Å². The molecule has 1 heteroatoms. The zero-order valence-corrected chi connectivity index (χ0v) is 11.1. The highest BCUT2D eigenvalue weighted by atomic mass is 16.1. The molecular formula is C16H22O. The van der Waals surface area contributed by atoms with E-state index in [0.717, 1.165) is 19.3 Å². The summed E-state index contributed by atoms with van der Waals surface area (Å²) in [5.41, 5.74) is 1.51. The summed E-state index contributed by atoms with van der Waals surface area (Å²) in [6.07, 6.45) is 2.83. The third-order valence-electron chi connectivity index (χ3n) is 4.07. The Morgan fingerprint density at radius 3 is 2.35 bits per heavy atom. The first-order valence-corrected chi connectivity index (χ1v) is 6.56. The van der Waals surface area contributed by atoms with Crippen molar-refractivity contribution >= 4 is 5.78 Å². The van der Waals surface area contributed by atoms with Crippen molar-refractivity contribution in [2.45, 2.75) is 46.0 Å². The Labute approximate surface area is 104 Å². The first kappa shape index (κ1) is 12.3. The second-order valence-corrected chi connectivity index (χ2v) is 6.27. The van der Waals surface area contributed by atoms with Gasteiger partial charge in [-0.15, -0.1) is 0 Å². The van der Waals surface area contributed by atoms with Crippen LogP contribution >= 0.6 is 0 Å². The highest BCUT2D eigenvalue weighted by Gasteiger charge is 2.35. The molecule has 2 atom stereocenters. The largest absolute Gasteiger partial charge is 0.299 e. The third-order valence-corrected chi connectivity index (χ3v) is 4.07. The Hall–Kier alpha value is -1.11. The summed E-state index contributed by atoms with van der Waals surface area (Å²) in [7, 11) is 0. The van der Waals surface area contributed by atoms with Gasteiger partial charge < -0.3 is 0 Å². The molecule has 92 valence electrons. The summed E-state index contributed by atoms with van der Waals surface area (Å²) < 4.78 is 0. The van der Waals surface area contributed by atoms with E-state index >= 15 is 0 Å².